The Hall–Kier alpha value is -1.50. The van der Waals surface area contributed by atoms with Crippen molar-refractivity contribution in [3.8, 4) is 0 Å². The minimum absolute atomic E-state index is 0.0313. The maximum Gasteiger partial charge on any atom is 0.235 e. The molecule has 0 aliphatic carbocycles. The van der Waals surface area contributed by atoms with E-state index in [9.17, 15) is 9.59 Å². The van der Waals surface area contributed by atoms with Gasteiger partial charge in [0.2, 0.25) is 11.8 Å². The van der Waals surface area contributed by atoms with E-state index in [2.05, 4.69) is 22.7 Å². The fraction of sp³-hybridized carbons (Fsp3) is 0.615. The largest absolute Gasteiger partial charge is 0.360 e. The second-order valence-corrected chi connectivity index (χ2v) is 5.41. The molecule has 0 saturated heterocycles. The average Bonchev–Trinajstić information content (AvgIpc) is 2.80. The third-order valence-electron chi connectivity index (χ3n) is 2.46. The van der Waals surface area contributed by atoms with E-state index in [0.717, 1.165) is 19.3 Å². The summed E-state index contributed by atoms with van der Waals surface area (Å²) in [6.45, 7) is 4.57. The lowest BCUT2D eigenvalue weighted by atomic mass is 10.2. The first kappa shape index (κ1) is 16.6. The normalized spacial score (nSPS) is 10.3. The van der Waals surface area contributed by atoms with Gasteiger partial charge in [-0.25, -0.2) is 0 Å². The molecule has 0 radical (unpaired) electrons. The Morgan fingerprint density at radius 1 is 1.30 bits per heavy atom. The Labute approximate surface area is 123 Å². The van der Waals surface area contributed by atoms with Crippen LogP contribution in [0.25, 0.3) is 0 Å². The highest BCUT2D eigenvalue weighted by atomic mass is 32.2. The van der Waals surface area contributed by atoms with Crippen LogP contribution in [0, 0.1) is 6.92 Å². The molecule has 0 aliphatic rings. The molecule has 20 heavy (non-hydrogen) atoms. The third-order valence-corrected chi connectivity index (χ3v) is 3.40. The van der Waals surface area contributed by atoms with Gasteiger partial charge in [-0.05, 0) is 13.3 Å². The SMILES string of the molecule is CCCCCNC(=O)CSCC(=O)Nc1cc(C)on1. The summed E-state index contributed by atoms with van der Waals surface area (Å²) in [4.78, 5) is 23.0. The number of nitrogens with zero attached hydrogens (tertiary/aromatic N) is 1. The average molecular weight is 299 g/mol. The number of thioether (sulfide) groups is 1. The number of anilines is 1. The number of amides is 2. The number of hydrogen-bond donors (Lipinski definition) is 2. The molecular weight excluding hydrogens is 278 g/mol. The summed E-state index contributed by atoms with van der Waals surface area (Å²) in [7, 11) is 0. The van der Waals surface area contributed by atoms with Crippen molar-refractivity contribution in [3.05, 3.63) is 11.8 Å². The smallest absolute Gasteiger partial charge is 0.235 e. The van der Waals surface area contributed by atoms with E-state index < -0.39 is 0 Å². The Morgan fingerprint density at radius 2 is 2.05 bits per heavy atom. The minimum Gasteiger partial charge on any atom is -0.360 e. The van der Waals surface area contributed by atoms with Crippen molar-refractivity contribution >= 4 is 29.4 Å². The lowest BCUT2D eigenvalue weighted by molar-refractivity contribution is -0.118. The lowest BCUT2D eigenvalue weighted by Crippen LogP contribution is -2.27. The molecule has 6 nitrogen and oxygen atoms in total. The Bertz CT molecular complexity index is 434. The van der Waals surface area contributed by atoms with Crippen LogP contribution in [-0.4, -0.2) is 35.0 Å². The molecular formula is C13H21N3O3S. The van der Waals surface area contributed by atoms with Gasteiger partial charge in [0.05, 0.1) is 11.5 Å². The molecule has 112 valence electrons. The quantitative estimate of drug-likeness (QED) is 0.681. The van der Waals surface area contributed by atoms with E-state index in [1.807, 2.05) is 0 Å². The van der Waals surface area contributed by atoms with Gasteiger partial charge in [0.1, 0.15) is 5.76 Å². The first-order valence-corrected chi connectivity index (χ1v) is 7.85. The van der Waals surface area contributed by atoms with E-state index in [4.69, 9.17) is 4.52 Å². The fourth-order valence-corrected chi connectivity index (χ4v) is 2.14. The molecule has 1 aromatic rings. The van der Waals surface area contributed by atoms with E-state index in [1.165, 1.54) is 11.8 Å². The number of carbonyl (C=O) groups is 2. The molecule has 0 unspecified atom stereocenters. The van der Waals surface area contributed by atoms with E-state index in [0.29, 0.717) is 18.1 Å². The van der Waals surface area contributed by atoms with Gasteiger partial charge in [-0.1, -0.05) is 24.9 Å². The van der Waals surface area contributed by atoms with Crippen LogP contribution >= 0.6 is 11.8 Å². The summed E-state index contributed by atoms with van der Waals surface area (Å²) in [5.74, 6) is 1.32. The van der Waals surface area contributed by atoms with Crippen LogP contribution in [0.2, 0.25) is 0 Å². The number of unbranched alkanes of at least 4 members (excludes halogenated alkanes) is 2. The van der Waals surface area contributed by atoms with Crippen molar-refractivity contribution in [2.45, 2.75) is 33.1 Å². The second kappa shape index (κ2) is 9.41. The van der Waals surface area contributed by atoms with E-state index in [1.54, 1.807) is 13.0 Å². The van der Waals surface area contributed by atoms with Crippen LogP contribution < -0.4 is 10.6 Å². The van der Waals surface area contributed by atoms with Crippen LogP contribution in [0.1, 0.15) is 31.9 Å². The Morgan fingerprint density at radius 3 is 2.70 bits per heavy atom. The number of aromatic nitrogens is 1. The van der Waals surface area contributed by atoms with Crippen molar-refractivity contribution in [2.75, 3.05) is 23.4 Å². The molecule has 2 N–H and O–H groups in total. The predicted molar refractivity (Wildman–Crippen MR) is 79.7 cm³/mol. The zero-order valence-electron chi connectivity index (χ0n) is 11.9. The maximum absolute atomic E-state index is 11.6. The molecule has 0 aromatic carbocycles. The zero-order chi connectivity index (χ0) is 14.8. The summed E-state index contributed by atoms with van der Waals surface area (Å²) in [5, 5.41) is 9.09. The topological polar surface area (TPSA) is 84.2 Å². The summed E-state index contributed by atoms with van der Waals surface area (Å²) in [6, 6.07) is 1.64. The molecule has 1 rings (SSSR count). The number of rotatable bonds is 9. The number of nitrogens with one attached hydrogen (secondary N) is 2. The van der Waals surface area contributed by atoms with Crippen molar-refractivity contribution in [3.63, 3.8) is 0 Å². The van der Waals surface area contributed by atoms with Gasteiger partial charge >= 0.3 is 0 Å². The Balaban J connectivity index is 2.08. The number of carbonyl (C=O) groups excluding carboxylic acids is 2. The maximum atomic E-state index is 11.6. The summed E-state index contributed by atoms with van der Waals surface area (Å²) < 4.78 is 4.84. The minimum atomic E-state index is -0.193. The van der Waals surface area contributed by atoms with Gasteiger partial charge in [-0.15, -0.1) is 11.8 Å². The van der Waals surface area contributed by atoms with Gasteiger partial charge in [-0.3, -0.25) is 9.59 Å². The second-order valence-electron chi connectivity index (χ2n) is 4.42. The first-order valence-electron chi connectivity index (χ1n) is 6.69. The molecule has 0 aliphatic heterocycles. The van der Waals surface area contributed by atoms with Crippen LogP contribution in [-0.2, 0) is 9.59 Å². The van der Waals surface area contributed by atoms with Gasteiger partial charge < -0.3 is 15.2 Å². The number of hydrogen-bond acceptors (Lipinski definition) is 5. The highest BCUT2D eigenvalue weighted by Crippen LogP contribution is 2.08. The Kier molecular flexibility index (Phi) is 7.79. The standard InChI is InChI=1S/C13H21N3O3S/c1-3-4-5-6-14-12(17)8-20-9-13(18)15-11-7-10(2)19-16-11/h7H,3-6,8-9H2,1-2H3,(H,14,17)(H,15,16,18). The van der Waals surface area contributed by atoms with Crippen LogP contribution in [0.3, 0.4) is 0 Å². The summed E-state index contributed by atoms with van der Waals surface area (Å²) >= 11 is 1.28. The highest BCUT2D eigenvalue weighted by molar-refractivity contribution is 8.00. The van der Waals surface area contributed by atoms with Crippen molar-refractivity contribution in [2.24, 2.45) is 0 Å². The molecule has 7 heteroatoms. The van der Waals surface area contributed by atoms with E-state index in [-0.39, 0.29) is 23.3 Å². The monoisotopic (exact) mass is 299 g/mol. The zero-order valence-corrected chi connectivity index (χ0v) is 12.7. The summed E-state index contributed by atoms with van der Waals surface area (Å²) in [6.07, 6.45) is 3.25. The number of aryl methyl sites for hydroxylation is 1. The molecule has 0 spiro atoms. The van der Waals surface area contributed by atoms with Gasteiger partial charge in [0.15, 0.2) is 5.82 Å². The van der Waals surface area contributed by atoms with Gasteiger partial charge in [0, 0.05) is 12.6 Å². The molecule has 0 atom stereocenters. The lowest BCUT2D eigenvalue weighted by Gasteiger charge is -2.04. The molecule has 1 heterocycles. The first-order chi connectivity index (χ1) is 9.61. The van der Waals surface area contributed by atoms with Crippen molar-refractivity contribution in [1.29, 1.82) is 0 Å². The fourth-order valence-electron chi connectivity index (χ4n) is 1.49. The third kappa shape index (κ3) is 7.18. The predicted octanol–water partition coefficient (Wildman–Crippen LogP) is 1.96. The molecule has 2 amide bonds. The molecule has 1 aromatic heterocycles. The van der Waals surface area contributed by atoms with E-state index >= 15 is 0 Å². The summed E-state index contributed by atoms with van der Waals surface area (Å²) in [5.41, 5.74) is 0. The molecule has 0 saturated carbocycles. The van der Waals surface area contributed by atoms with Crippen LogP contribution in [0.5, 0.6) is 0 Å². The molecule has 0 bridgehead atoms. The van der Waals surface area contributed by atoms with Crippen LogP contribution in [0.15, 0.2) is 10.6 Å². The van der Waals surface area contributed by atoms with Gasteiger partial charge in [0.25, 0.3) is 0 Å². The van der Waals surface area contributed by atoms with Gasteiger partial charge in [-0.2, -0.15) is 0 Å². The van der Waals surface area contributed by atoms with Crippen molar-refractivity contribution < 1.29 is 14.1 Å². The highest BCUT2D eigenvalue weighted by Gasteiger charge is 2.08. The van der Waals surface area contributed by atoms with Crippen LogP contribution in [0.4, 0.5) is 5.82 Å². The molecule has 0 fully saturated rings. The van der Waals surface area contributed by atoms with Crippen molar-refractivity contribution in [1.82, 2.24) is 10.5 Å².